The van der Waals surface area contributed by atoms with E-state index in [0.717, 1.165) is 0 Å². The van der Waals surface area contributed by atoms with Crippen LogP contribution in [0.2, 0.25) is 0 Å². The maximum absolute atomic E-state index is 2.70. The van der Waals surface area contributed by atoms with Crippen molar-refractivity contribution in [2.75, 3.05) is 9.80 Å². The molecule has 0 unspecified atom stereocenters. The molecule has 0 atom stereocenters. The summed E-state index contributed by atoms with van der Waals surface area (Å²) in [6, 6.07) is 58.0. The fourth-order valence-corrected chi connectivity index (χ4v) is 13.7. The number of thiophene rings is 1. The van der Waals surface area contributed by atoms with Gasteiger partial charge in [-0.05, 0) is 159 Å². The molecule has 0 N–H and O–H groups in total. The van der Waals surface area contributed by atoms with E-state index in [-0.39, 0.29) is 33.8 Å². The molecule has 7 aromatic carbocycles. The number of nitrogens with zero attached hydrogens (tertiary/aromatic N) is 2. The van der Waals surface area contributed by atoms with Crippen LogP contribution in [0.3, 0.4) is 0 Å². The highest BCUT2D eigenvalue weighted by atomic mass is 32.1. The molecule has 0 saturated carbocycles. The third kappa shape index (κ3) is 6.72. The predicted octanol–water partition coefficient (Wildman–Crippen LogP) is 16.7. The summed E-state index contributed by atoms with van der Waals surface area (Å²) in [5.74, 6) is 0. The average Bonchev–Trinajstić information content (AvgIpc) is 3.96. The second kappa shape index (κ2) is 15.0. The van der Waals surface area contributed by atoms with E-state index in [1.807, 2.05) is 11.3 Å². The van der Waals surface area contributed by atoms with Crippen molar-refractivity contribution in [3.8, 4) is 21.6 Å². The fraction of sp³-hybridized carbons (Fsp3) is 0.313. The number of anilines is 6. The Bertz CT molecular complexity index is 3450. The van der Waals surface area contributed by atoms with Gasteiger partial charge in [-0.15, -0.1) is 11.3 Å². The smallest absolute Gasteiger partial charge is 0.252 e. The molecule has 0 saturated heterocycles. The zero-order valence-corrected chi connectivity index (χ0v) is 45.6. The van der Waals surface area contributed by atoms with Crippen molar-refractivity contribution in [3.05, 3.63) is 195 Å². The molecule has 3 heterocycles. The number of rotatable bonds is 2. The number of hydrogen-bond donors (Lipinski definition) is 0. The molecular weight excluding hydrogens is 876 g/mol. The number of hydrogen-bond acceptors (Lipinski definition) is 3. The molecule has 2 nitrogen and oxygen atoms in total. The van der Waals surface area contributed by atoms with Gasteiger partial charge in [-0.2, -0.15) is 0 Å². The lowest BCUT2D eigenvalue weighted by Gasteiger charge is -2.46. The van der Waals surface area contributed by atoms with Gasteiger partial charge in [0.2, 0.25) is 0 Å². The van der Waals surface area contributed by atoms with Crippen LogP contribution in [0.1, 0.15) is 153 Å². The lowest BCUT2D eigenvalue weighted by Crippen LogP contribution is -2.61. The molecule has 0 bridgehead atoms. The standard InChI is InChI=1S/C67H69BN2S/c1-62(2,3)40-24-29-44(30-25-40)69-55-34-42(64(7,8)9)28-33-53(55)68-54-38-51-48(61-52(39-59(71-61)66(13,14)15)67(51)49-22-18-16-20-46(49)47-21-17-19-23-50(47)67)37-56(54)70(45-31-26-41(27-32-45)63(4,5)6)58-36-43(65(10,11)12)35-57(69)60(58)68/h16-39H,1-15H3. The van der Waals surface area contributed by atoms with Gasteiger partial charge >= 0.3 is 0 Å². The van der Waals surface area contributed by atoms with Crippen LogP contribution in [0.4, 0.5) is 34.1 Å². The molecule has 0 amide bonds. The maximum Gasteiger partial charge on any atom is 0.252 e. The van der Waals surface area contributed by atoms with Crippen LogP contribution in [-0.4, -0.2) is 6.71 Å². The Morgan fingerprint density at radius 2 is 0.817 bits per heavy atom. The highest BCUT2D eigenvalue weighted by molar-refractivity contribution is 7.16. The van der Waals surface area contributed by atoms with Crippen LogP contribution in [0.25, 0.3) is 21.6 Å². The molecule has 1 aromatic heterocycles. The molecule has 0 radical (unpaired) electrons. The lowest BCUT2D eigenvalue weighted by atomic mass is 9.33. The van der Waals surface area contributed by atoms with Gasteiger partial charge in [0.25, 0.3) is 6.71 Å². The quantitative estimate of drug-likeness (QED) is 0.159. The van der Waals surface area contributed by atoms with Crippen molar-refractivity contribution >= 4 is 68.6 Å². The van der Waals surface area contributed by atoms with Crippen molar-refractivity contribution in [2.45, 2.75) is 136 Å². The summed E-state index contributed by atoms with van der Waals surface area (Å²) in [4.78, 5) is 8.11. The van der Waals surface area contributed by atoms with Crippen molar-refractivity contribution in [2.24, 2.45) is 0 Å². The summed E-state index contributed by atoms with van der Waals surface area (Å²) < 4.78 is 0. The molecule has 2 aliphatic heterocycles. The third-order valence-electron chi connectivity index (χ3n) is 16.4. The SMILES string of the molecule is CC(C)(C)c1ccc(N2c3cc(C(C)(C)C)ccc3B3c4cc5c(cc4N(c4ccc(C(C)(C)C)cc4)c4cc(C(C)(C)C)cc2c43)-c2sc(C(C)(C)C)cc2C52c3ccccc3-c3ccccc32)cc1. The van der Waals surface area contributed by atoms with Crippen LogP contribution in [0.5, 0.6) is 0 Å². The first-order valence-electron chi connectivity index (χ1n) is 26.0. The zero-order chi connectivity index (χ0) is 50.1. The van der Waals surface area contributed by atoms with Gasteiger partial charge in [0.1, 0.15) is 0 Å². The second-order valence-electron chi connectivity index (χ2n) is 26.3. The highest BCUT2D eigenvalue weighted by Gasteiger charge is 2.55. The Hall–Kier alpha value is -6.10. The van der Waals surface area contributed by atoms with Gasteiger partial charge in [0.15, 0.2) is 0 Å². The summed E-state index contributed by atoms with van der Waals surface area (Å²) in [6.45, 7) is 35.2. The summed E-state index contributed by atoms with van der Waals surface area (Å²) in [6.07, 6.45) is 0. The number of benzene rings is 7. The number of fused-ring (bicyclic) bond motifs is 14. The van der Waals surface area contributed by atoms with E-state index in [2.05, 4.69) is 259 Å². The first-order chi connectivity index (χ1) is 33.4. The topological polar surface area (TPSA) is 6.48 Å². The van der Waals surface area contributed by atoms with Crippen LogP contribution < -0.4 is 26.2 Å². The Morgan fingerprint density at radius 3 is 1.30 bits per heavy atom. The minimum atomic E-state index is -0.459. The van der Waals surface area contributed by atoms with E-state index in [1.165, 1.54) is 121 Å². The molecule has 4 heteroatoms. The molecule has 71 heavy (non-hydrogen) atoms. The molecule has 12 rings (SSSR count). The van der Waals surface area contributed by atoms with E-state index in [9.17, 15) is 0 Å². The molecular formula is C67H69BN2S. The summed E-state index contributed by atoms with van der Waals surface area (Å²) >= 11 is 2.01. The van der Waals surface area contributed by atoms with E-state index >= 15 is 0 Å². The van der Waals surface area contributed by atoms with E-state index in [0.29, 0.717) is 0 Å². The van der Waals surface area contributed by atoms with E-state index in [4.69, 9.17) is 0 Å². The van der Waals surface area contributed by atoms with Crippen LogP contribution in [-0.2, 0) is 32.5 Å². The predicted molar refractivity (Wildman–Crippen MR) is 308 cm³/mol. The van der Waals surface area contributed by atoms with Crippen molar-refractivity contribution in [3.63, 3.8) is 0 Å². The molecule has 2 aliphatic carbocycles. The monoisotopic (exact) mass is 945 g/mol. The van der Waals surface area contributed by atoms with Crippen LogP contribution in [0, 0.1) is 0 Å². The molecule has 8 aromatic rings. The highest BCUT2D eigenvalue weighted by Crippen LogP contribution is 2.65. The molecule has 1 spiro atoms. The Labute approximate surface area is 428 Å². The second-order valence-corrected chi connectivity index (χ2v) is 27.4. The first-order valence-corrected chi connectivity index (χ1v) is 26.9. The van der Waals surface area contributed by atoms with Gasteiger partial charge in [-0.3, -0.25) is 0 Å². The minimum absolute atomic E-state index is 0.00159. The van der Waals surface area contributed by atoms with Crippen molar-refractivity contribution in [1.29, 1.82) is 0 Å². The van der Waals surface area contributed by atoms with Crippen LogP contribution in [0.15, 0.2) is 146 Å². The van der Waals surface area contributed by atoms with Gasteiger partial charge in [0, 0.05) is 43.9 Å². The summed E-state index contributed by atoms with van der Waals surface area (Å²) in [7, 11) is 0. The van der Waals surface area contributed by atoms with Gasteiger partial charge in [-0.1, -0.05) is 195 Å². The van der Waals surface area contributed by atoms with Gasteiger partial charge in [0.05, 0.1) is 5.41 Å². The molecule has 356 valence electrons. The normalized spacial score (nSPS) is 15.3. The Morgan fingerprint density at radius 1 is 0.366 bits per heavy atom. The lowest BCUT2D eigenvalue weighted by molar-refractivity contribution is 0.589. The van der Waals surface area contributed by atoms with Gasteiger partial charge in [-0.25, -0.2) is 0 Å². The Kier molecular flexibility index (Phi) is 9.71. The Balaban J connectivity index is 1.23. The largest absolute Gasteiger partial charge is 0.311 e. The zero-order valence-electron chi connectivity index (χ0n) is 44.7. The first kappa shape index (κ1) is 46.0. The maximum atomic E-state index is 2.70. The van der Waals surface area contributed by atoms with E-state index in [1.54, 1.807) is 0 Å². The third-order valence-corrected chi connectivity index (χ3v) is 18.0. The van der Waals surface area contributed by atoms with Crippen molar-refractivity contribution in [1.82, 2.24) is 0 Å². The molecule has 0 fully saturated rings. The summed E-state index contributed by atoms with van der Waals surface area (Å²) in [5, 5.41) is 0. The van der Waals surface area contributed by atoms with Crippen molar-refractivity contribution < 1.29 is 0 Å². The van der Waals surface area contributed by atoms with Gasteiger partial charge < -0.3 is 9.80 Å². The summed E-state index contributed by atoms with van der Waals surface area (Å²) in [5.41, 5.74) is 26.0. The average molecular weight is 945 g/mol. The minimum Gasteiger partial charge on any atom is -0.311 e. The molecule has 4 aliphatic rings. The van der Waals surface area contributed by atoms with E-state index < -0.39 is 5.41 Å². The fourth-order valence-electron chi connectivity index (χ4n) is 12.4. The van der Waals surface area contributed by atoms with Crippen LogP contribution >= 0.6 is 11.3 Å².